The number of hydrogen-bond acceptors (Lipinski definition) is 6. The van der Waals surface area contributed by atoms with Gasteiger partial charge in [-0.15, -0.1) is 11.3 Å². The average Bonchev–Trinajstić information content (AvgIpc) is 3.10. The highest BCUT2D eigenvalue weighted by Gasteiger charge is 2.13. The minimum absolute atomic E-state index is 0.0976. The molecule has 0 spiro atoms. The van der Waals surface area contributed by atoms with Crippen LogP contribution in [-0.4, -0.2) is 22.9 Å². The number of nitro groups is 1. The Kier molecular flexibility index (Phi) is 4.90. The fourth-order valence-electron chi connectivity index (χ4n) is 2.19. The number of aromatic nitrogens is 1. The van der Waals surface area contributed by atoms with Gasteiger partial charge in [-0.1, -0.05) is 0 Å². The molecule has 0 unspecified atom stereocenters. The predicted octanol–water partition coefficient (Wildman–Crippen LogP) is 4.12. The number of benzene rings is 2. The molecule has 1 amide bonds. The van der Waals surface area contributed by atoms with E-state index in [0.29, 0.717) is 16.4 Å². The molecule has 1 N–H and O–H groups in total. The third-order valence-electron chi connectivity index (χ3n) is 3.51. The van der Waals surface area contributed by atoms with Gasteiger partial charge < -0.3 is 4.74 Å². The first-order valence-electron chi connectivity index (χ1n) is 7.33. The fraction of sp³-hybridized carbons (Fsp3) is 0.0588. The molecule has 132 valence electrons. The molecule has 0 radical (unpaired) electrons. The summed E-state index contributed by atoms with van der Waals surface area (Å²) in [5.74, 6) is -0.813. The second-order valence-corrected chi connectivity index (χ2v) is 6.00. The van der Waals surface area contributed by atoms with Gasteiger partial charge in [0.25, 0.3) is 11.6 Å². The second kappa shape index (κ2) is 7.28. The van der Waals surface area contributed by atoms with Crippen molar-refractivity contribution in [3.8, 4) is 17.0 Å². The lowest BCUT2D eigenvalue weighted by Crippen LogP contribution is -2.11. The topological polar surface area (TPSA) is 94.4 Å². The van der Waals surface area contributed by atoms with Gasteiger partial charge in [-0.05, 0) is 30.3 Å². The molecule has 1 aromatic heterocycles. The first-order chi connectivity index (χ1) is 12.5. The number of amides is 1. The molecular weight excluding hydrogens is 361 g/mol. The number of thiazole rings is 1. The first-order valence-corrected chi connectivity index (χ1v) is 8.21. The Morgan fingerprint density at radius 2 is 2.00 bits per heavy atom. The monoisotopic (exact) mass is 373 g/mol. The van der Waals surface area contributed by atoms with Crippen LogP contribution in [0.3, 0.4) is 0 Å². The molecule has 0 saturated heterocycles. The summed E-state index contributed by atoms with van der Waals surface area (Å²) in [6.45, 7) is 0. The minimum Gasteiger partial charge on any atom is -0.494 e. The third kappa shape index (κ3) is 3.67. The molecule has 0 aliphatic carbocycles. The zero-order valence-electron chi connectivity index (χ0n) is 13.4. The Bertz CT molecular complexity index is 972. The van der Waals surface area contributed by atoms with E-state index in [0.717, 1.165) is 0 Å². The number of anilines is 1. The number of hydrogen-bond donors (Lipinski definition) is 1. The Hall–Kier alpha value is -3.33. The maximum Gasteiger partial charge on any atom is 0.269 e. The van der Waals surface area contributed by atoms with Crippen molar-refractivity contribution < 1.29 is 18.8 Å². The molecule has 0 fully saturated rings. The van der Waals surface area contributed by atoms with Crippen molar-refractivity contribution in [1.29, 1.82) is 0 Å². The van der Waals surface area contributed by atoms with Crippen LogP contribution in [0.4, 0.5) is 15.2 Å². The van der Waals surface area contributed by atoms with Crippen molar-refractivity contribution in [3.63, 3.8) is 0 Å². The van der Waals surface area contributed by atoms with Gasteiger partial charge in [0.15, 0.2) is 16.7 Å². The van der Waals surface area contributed by atoms with Gasteiger partial charge in [0.05, 0.1) is 17.7 Å². The number of nitrogens with one attached hydrogen (secondary N) is 1. The van der Waals surface area contributed by atoms with Crippen molar-refractivity contribution >= 4 is 28.1 Å². The van der Waals surface area contributed by atoms with Crippen LogP contribution in [0.2, 0.25) is 0 Å². The fourth-order valence-corrected chi connectivity index (χ4v) is 2.91. The highest BCUT2D eigenvalue weighted by atomic mass is 32.1. The molecule has 2 aromatic carbocycles. The minimum atomic E-state index is -0.539. The van der Waals surface area contributed by atoms with Gasteiger partial charge in [-0.2, -0.15) is 0 Å². The van der Waals surface area contributed by atoms with Gasteiger partial charge in [0.2, 0.25) is 0 Å². The summed E-state index contributed by atoms with van der Waals surface area (Å²) in [6, 6.07) is 9.69. The smallest absolute Gasteiger partial charge is 0.269 e. The van der Waals surface area contributed by atoms with Crippen LogP contribution in [0, 0.1) is 15.9 Å². The zero-order chi connectivity index (χ0) is 18.7. The number of methoxy groups -OCH3 is 1. The van der Waals surface area contributed by atoms with E-state index in [1.165, 1.54) is 54.8 Å². The van der Waals surface area contributed by atoms with Crippen LogP contribution in [0.25, 0.3) is 11.3 Å². The highest BCUT2D eigenvalue weighted by Crippen LogP contribution is 2.28. The summed E-state index contributed by atoms with van der Waals surface area (Å²) in [5, 5.41) is 15.3. The number of nitrogens with zero attached hydrogens (tertiary/aromatic N) is 2. The molecule has 1 heterocycles. The van der Waals surface area contributed by atoms with Gasteiger partial charge in [-0.3, -0.25) is 20.2 Å². The van der Waals surface area contributed by atoms with Crippen LogP contribution in [0.1, 0.15) is 10.4 Å². The van der Waals surface area contributed by atoms with Crippen molar-refractivity contribution in [1.82, 2.24) is 4.98 Å². The number of carbonyl (C=O) groups excluding carboxylic acids is 1. The van der Waals surface area contributed by atoms with Crippen LogP contribution in [0.5, 0.6) is 5.75 Å². The molecule has 0 saturated carbocycles. The van der Waals surface area contributed by atoms with Crippen LogP contribution in [-0.2, 0) is 0 Å². The molecule has 3 rings (SSSR count). The number of ether oxygens (including phenoxy) is 1. The maximum absolute atomic E-state index is 13.8. The number of non-ortho nitro benzene ring substituents is 1. The number of rotatable bonds is 5. The maximum atomic E-state index is 13.8. The van der Waals surface area contributed by atoms with E-state index in [9.17, 15) is 19.3 Å². The normalized spacial score (nSPS) is 10.4. The van der Waals surface area contributed by atoms with E-state index in [4.69, 9.17) is 4.74 Å². The van der Waals surface area contributed by atoms with E-state index in [2.05, 4.69) is 10.3 Å². The molecule has 0 aliphatic rings. The Morgan fingerprint density at radius 3 is 2.62 bits per heavy atom. The van der Waals surface area contributed by atoms with Gasteiger partial charge in [0, 0.05) is 28.6 Å². The summed E-state index contributed by atoms with van der Waals surface area (Å²) < 4.78 is 18.7. The Labute approximate surface area is 151 Å². The number of halogens is 1. The highest BCUT2D eigenvalue weighted by molar-refractivity contribution is 7.14. The van der Waals surface area contributed by atoms with Crippen molar-refractivity contribution in [2.24, 2.45) is 0 Å². The van der Waals surface area contributed by atoms with E-state index >= 15 is 0 Å². The van der Waals surface area contributed by atoms with Crippen molar-refractivity contribution in [3.05, 3.63) is 69.3 Å². The molecule has 0 atom stereocenters. The van der Waals surface area contributed by atoms with Gasteiger partial charge in [0.1, 0.15) is 0 Å². The molecule has 9 heteroatoms. The SMILES string of the molecule is COc1ccc(-c2csc(NC(=O)c3ccc([N+](=O)[O-])cc3)n2)cc1F. The van der Waals surface area contributed by atoms with Crippen LogP contribution < -0.4 is 10.1 Å². The summed E-state index contributed by atoms with van der Waals surface area (Å²) in [4.78, 5) is 26.5. The van der Waals surface area contributed by atoms with Crippen LogP contribution in [0.15, 0.2) is 47.8 Å². The average molecular weight is 373 g/mol. The standard InChI is InChI=1S/C17H12FN3O4S/c1-25-15-7-4-11(8-13(15)18)14-9-26-17(19-14)20-16(22)10-2-5-12(6-3-10)21(23)24/h2-9H,1H3,(H,19,20,22). The quantitative estimate of drug-likeness (QED) is 0.536. The van der Waals surface area contributed by atoms with E-state index in [-0.39, 0.29) is 17.0 Å². The van der Waals surface area contributed by atoms with Gasteiger partial charge in [-0.25, -0.2) is 9.37 Å². The largest absolute Gasteiger partial charge is 0.494 e. The summed E-state index contributed by atoms with van der Waals surface area (Å²) in [7, 11) is 1.38. The van der Waals surface area contributed by atoms with E-state index < -0.39 is 16.6 Å². The summed E-state index contributed by atoms with van der Waals surface area (Å²) in [5.41, 5.74) is 1.23. The third-order valence-corrected chi connectivity index (χ3v) is 4.27. The summed E-state index contributed by atoms with van der Waals surface area (Å²) >= 11 is 1.19. The summed E-state index contributed by atoms with van der Waals surface area (Å²) in [6.07, 6.45) is 0. The van der Waals surface area contributed by atoms with Crippen molar-refractivity contribution in [2.45, 2.75) is 0 Å². The lowest BCUT2D eigenvalue weighted by atomic mass is 10.1. The molecule has 7 nitrogen and oxygen atoms in total. The molecule has 3 aromatic rings. The predicted molar refractivity (Wildman–Crippen MR) is 95.1 cm³/mol. The lowest BCUT2D eigenvalue weighted by molar-refractivity contribution is -0.384. The Morgan fingerprint density at radius 1 is 1.27 bits per heavy atom. The number of nitro benzene ring substituents is 1. The van der Waals surface area contributed by atoms with Crippen molar-refractivity contribution in [2.75, 3.05) is 12.4 Å². The number of carbonyl (C=O) groups is 1. The van der Waals surface area contributed by atoms with E-state index in [1.807, 2.05) is 0 Å². The molecule has 0 bridgehead atoms. The zero-order valence-corrected chi connectivity index (χ0v) is 14.2. The Balaban J connectivity index is 1.74. The van der Waals surface area contributed by atoms with Crippen LogP contribution >= 0.6 is 11.3 Å². The molecule has 0 aliphatic heterocycles. The first kappa shape index (κ1) is 17.5. The van der Waals surface area contributed by atoms with Gasteiger partial charge >= 0.3 is 0 Å². The second-order valence-electron chi connectivity index (χ2n) is 5.15. The lowest BCUT2D eigenvalue weighted by Gasteiger charge is -2.03. The molecule has 26 heavy (non-hydrogen) atoms. The molecular formula is C17H12FN3O4S. The van der Waals surface area contributed by atoms with E-state index in [1.54, 1.807) is 11.4 Å².